The molecule has 25 heavy (non-hydrogen) atoms. The maximum atomic E-state index is 13.0. The molecule has 0 N–H and O–H groups in total. The second-order valence-electron chi connectivity index (χ2n) is 7.19. The molecule has 2 aromatic heterocycles. The minimum Gasteiger partial charge on any atom is -0.347 e. The van der Waals surface area contributed by atoms with E-state index in [9.17, 15) is 4.79 Å². The summed E-state index contributed by atoms with van der Waals surface area (Å²) in [6, 6.07) is 3.70. The Balaban J connectivity index is 1.86. The van der Waals surface area contributed by atoms with Crippen LogP contribution in [0, 0.1) is 12.8 Å². The maximum Gasteiger partial charge on any atom is 0.270 e. The van der Waals surface area contributed by atoms with Crippen molar-refractivity contribution in [1.82, 2.24) is 24.5 Å². The monoisotopic (exact) mass is 345 g/mol. The molecule has 3 rings (SSSR count). The molecule has 7 nitrogen and oxygen atoms in total. The van der Waals surface area contributed by atoms with E-state index in [0.29, 0.717) is 29.9 Å². The Hall–Kier alpha value is -2.15. The normalized spacial score (nSPS) is 19.4. The zero-order valence-corrected chi connectivity index (χ0v) is 15.5. The molecule has 0 aliphatic carbocycles. The number of aryl methyl sites for hydroxylation is 2. The molecule has 0 aromatic carbocycles. The molecule has 1 aliphatic rings. The number of hydrogen-bond acceptors (Lipinski definition) is 5. The summed E-state index contributed by atoms with van der Waals surface area (Å²) in [5, 5.41) is 3.95. The van der Waals surface area contributed by atoms with E-state index in [-0.39, 0.29) is 11.9 Å². The summed E-state index contributed by atoms with van der Waals surface area (Å²) in [6.07, 6.45) is 2.83. The Morgan fingerprint density at radius 3 is 2.80 bits per heavy atom. The van der Waals surface area contributed by atoms with E-state index < -0.39 is 0 Å². The SMILES string of the molecule is Cc1noc(C2CN(C(=O)c3cccn3C)CCCN2CC(C)C)n1. The molecule has 1 unspecified atom stereocenters. The van der Waals surface area contributed by atoms with Crippen molar-refractivity contribution in [2.75, 3.05) is 26.2 Å². The molecule has 7 heteroatoms. The van der Waals surface area contributed by atoms with Crippen LogP contribution in [0.4, 0.5) is 0 Å². The van der Waals surface area contributed by atoms with Crippen molar-refractivity contribution in [2.24, 2.45) is 13.0 Å². The lowest BCUT2D eigenvalue weighted by molar-refractivity contribution is 0.0699. The van der Waals surface area contributed by atoms with Gasteiger partial charge in [-0.1, -0.05) is 19.0 Å². The first kappa shape index (κ1) is 17.7. The predicted molar refractivity (Wildman–Crippen MR) is 94.1 cm³/mol. The summed E-state index contributed by atoms with van der Waals surface area (Å²) in [5.74, 6) is 1.82. The van der Waals surface area contributed by atoms with Crippen molar-refractivity contribution >= 4 is 5.91 Å². The average Bonchev–Trinajstić information content (AvgIpc) is 3.11. The molecule has 1 saturated heterocycles. The van der Waals surface area contributed by atoms with Crippen LogP contribution in [0.3, 0.4) is 0 Å². The van der Waals surface area contributed by atoms with Crippen LogP contribution >= 0.6 is 0 Å². The highest BCUT2D eigenvalue weighted by atomic mass is 16.5. The van der Waals surface area contributed by atoms with Gasteiger partial charge in [0.05, 0.1) is 0 Å². The number of carbonyl (C=O) groups excluding carboxylic acids is 1. The third-order valence-electron chi connectivity index (χ3n) is 4.59. The van der Waals surface area contributed by atoms with Gasteiger partial charge in [0.2, 0.25) is 5.89 Å². The molecular formula is C18H27N5O2. The summed E-state index contributed by atoms with van der Waals surface area (Å²) >= 11 is 0. The highest BCUT2D eigenvalue weighted by Gasteiger charge is 2.33. The van der Waals surface area contributed by atoms with Crippen molar-refractivity contribution in [1.29, 1.82) is 0 Å². The molecule has 3 heterocycles. The number of carbonyl (C=O) groups is 1. The molecule has 1 atom stereocenters. The third kappa shape index (κ3) is 3.92. The lowest BCUT2D eigenvalue weighted by Crippen LogP contribution is -2.39. The van der Waals surface area contributed by atoms with Gasteiger partial charge >= 0.3 is 0 Å². The molecule has 1 aliphatic heterocycles. The zero-order chi connectivity index (χ0) is 18.0. The molecule has 0 saturated carbocycles. The fourth-order valence-electron chi connectivity index (χ4n) is 3.44. The fourth-order valence-corrected chi connectivity index (χ4v) is 3.44. The van der Waals surface area contributed by atoms with Gasteiger partial charge < -0.3 is 14.0 Å². The topological polar surface area (TPSA) is 67.4 Å². The summed E-state index contributed by atoms with van der Waals surface area (Å²) < 4.78 is 7.33. The summed E-state index contributed by atoms with van der Waals surface area (Å²) in [6.45, 7) is 9.39. The number of hydrogen-bond donors (Lipinski definition) is 0. The highest BCUT2D eigenvalue weighted by Crippen LogP contribution is 2.26. The van der Waals surface area contributed by atoms with E-state index in [1.807, 2.05) is 41.8 Å². The molecule has 0 radical (unpaired) electrons. The van der Waals surface area contributed by atoms with E-state index in [0.717, 1.165) is 26.1 Å². The van der Waals surface area contributed by atoms with E-state index >= 15 is 0 Å². The number of nitrogens with zero attached hydrogens (tertiary/aromatic N) is 5. The van der Waals surface area contributed by atoms with Crippen LogP contribution in [0.5, 0.6) is 0 Å². The minimum atomic E-state index is -0.0599. The van der Waals surface area contributed by atoms with Gasteiger partial charge in [0.1, 0.15) is 11.7 Å². The van der Waals surface area contributed by atoms with Crippen LogP contribution in [0.2, 0.25) is 0 Å². The van der Waals surface area contributed by atoms with Gasteiger partial charge in [-0.2, -0.15) is 4.98 Å². The number of amides is 1. The average molecular weight is 345 g/mol. The number of aromatic nitrogens is 3. The van der Waals surface area contributed by atoms with Crippen LogP contribution in [-0.4, -0.2) is 56.6 Å². The fraction of sp³-hybridized carbons (Fsp3) is 0.611. The Bertz CT molecular complexity index is 721. The molecule has 0 spiro atoms. The molecule has 1 amide bonds. The Labute approximate surface area is 148 Å². The van der Waals surface area contributed by atoms with E-state index in [4.69, 9.17) is 4.52 Å². The predicted octanol–water partition coefficient (Wildman–Crippen LogP) is 2.26. The Kier molecular flexibility index (Phi) is 5.22. The smallest absolute Gasteiger partial charge is 0.270 e. The van der Waals surface area contributed by atoms with Gasteiger partial charge in [-0.15, -0.1) is 0 Å². The Morgan fingerprint density at radius 2 is 2.20 bits per heavy atom. The second kappa shape index (κ2) is 7.39. The van der Waals surface area contributed by atoms with Crippen molar-refractivity contribution < 1.29 is 9.32 Å². The summed E-state index contributed by atoms with van der Waals surface area (Å²) in [5.41, 5.74) is 0.706. The molecule has 2 aromatic rings. The van der Waals surface area contributed by atoms with Gasteiger partial charge in [-0.3, -0.25) is 9.69 Å². The van der Waals surface area contributed by atoms with Crippen LogP contribution in [0.1, 0.15) is 48.5 Å². The molecule has 136 valence electrons. The second-order valence-corrected chi connectivity index (χ2v) is 7.19. The highest BCUT2D eigenvalue weighted by molar-refractivity contribution is 5.92. The largest absolute Gasteiger partial charge is 0.347 e. The van der Waals surface area contributed by atoms with Crippen molar-refractivity contribution in [3.8, 4) is 0 Å². The van der Waals surface area contributed by atoms with Gasteiger partial charge in [0.15, 0.2) is 5.82 Å². The van der Waals surface area contributed by atoms with Gasteiger partial charge in [0.25, 0.3) is 5.91 Å². The van der Waals surface area contributed by atoms with E-state index in [2.05, 4.69) is 28.9 Å². The maximum absolute atomic E-state index is 13.0. The summed E-state index contributed by atoms with van der Waals surface area (Å²) in [7, 11) is 1.90. The van der Waals surface area contributed by atoms with Gasteiger partial charge in [0, 0.05) is 39.4 Å². The first-order chi connectivity index (χ1) is 12.0. The summed E-state index contributed by atoms with van der Waals surface area (Å²) in [4.78, 5) is 21.7. The first-order valence-corrected chi connectivity index (χ1v) is 8.90. The van der Waals surface area contributed by atoms with Crippen molar-refractivity contribution in [2.45, 2.75) is 33.2 Å². The zero-order valence-electron chi connectivity index (χ0n) is 15.5. The third-order valence-corrected chi connectivity index (χ3v) is 4.59. The van der Waals surface area contributed by atoms with Crippen molar-refractivity contribution in [3.05, 3.63) is 35.7 Å². The molecular weight excluding hydrogens is 318 g/mol. The minimum absolute atomic E-state index is 0.0557. The van der Waals surface area contributed by atoms with Crippen molar-refractivity contribution in [3.63, 3.8) is 0 Å². The van der Waals surface area contributed by atoms with E-state index in [1.54, 1.807) is 0 Å². The Morgan fingerprint density at radius 1 is 1.40 bits per heavy atom. The van der Waals surface area contributed by atoms with Crippen LogP contribution < -0.4 is 0 Å². The lowest BCUT2D eigenvalue weighted by Gasteiger charge is -2.30. The van der Waals surface area contributed by atoms with Gasteiger partial charge in [-0.25, -0.2) is 0 Å². The lowest BCUT2D eigenvalue weighted by atomic mass is 10.1. The standard InChI is InChI=1S/C18H27N5O2/c1-13(2)11-22-9-6-10-23(18(24)15-7-5-8-21(15)4)12-16(22)17-19-14(3)20-25-17/h5,7-8,13,16H,6,9-12H2,1-4H3. The van der Waals surface area contributed by atoms with Crippen LogP contribution in [0.25, 0.3) is 0 Å². The van der Waals surface area contributed by atoms with E-state index in [1.165, 1.54) is 0 Å². The van der Waals surface area contributed by atoms with Crippen LogP contribution in [-0.2, 0) is 7.05 Å². The first-order valence-electron chi connectivity index (χ1n) is 8.90. The number of rotatable bonds is 4. The molecule has 1 fully saturated rings. The molecule has 0 bridgehead atoms. The quantitative estimate of drug-likeness (QED) is 0.850. The van der Waals surface area contributed by atoms with Gasteiger partial charge in [-0.05, 0) is 31.4 Å². The van der Waals surface area contributed by atoms with Crippen LogP contribution in [0.15, 0.2) is 22.9 Å².